The summed E-state index contributed by atoms with van der Waals surface area (Å²) in [5.41, 5.74) is 3.82. The van der Waals surface area contributed by atoms with Crippen molar-refractivity contribution >= 4 is 39.3 Å². The van der Waals surface area contributed by atoms with Crippen LogP contribution in [0.5, 0.6) is 0 Å². The fourth-order valence-corrected chi connectivity index (χ4v) is 4.51. The molecule has 1 N–H and O–H groups in total. The van der Waals surface area contributed by atoms with Crippen LogP contribution in [-0.2, 0) is 11.8 Å². The highest BCUT2D eigenvalue weighted by atomic mass is 32.1. The molecule has 0 unspecified atom stereocenters. The van der Waals surface area contributed by atoms with E-state index in [0.29, 0.717) is 12.0 Å². The largest absolute Gasteiger partial charge is 0.381 e. The van der Waals surface area contributed by atoms with E-state index in [0.717, 1.165) is 59.3 Å². The average Bonchev–Trinajstić information content (AvgIpc) is 3.47. The van der Waals surface area contributed by atoms with Gasteiger partial charge in [-0.2, -0.15) is 14.5 Å². The van der Waals surface area contributed by atoms with Gasteiger partial charge in [-0.3, -0.25) is 4.68 Å². The van der Waals surface area contributed by atoms with Crippen LogP contribution in [0, 0.1) is 6.92 Å². The van der Waals surface area contributed by atoms with Crippen molar-refractivity contribution in [1.82, 2.24) is 28.7 Å². The van der Waals surface area contributed by atoms with E-state index >= 15 is 0 Å². The molecule has 30 heavy (non-hydrogen) atoms. The van der Waals surface area contributed by atoms with Crippen LogP contribution >= 0.6 is 11.5 Å². The van der Waals surface area contributed by atoms with Gasteiger partial charge >= 0.3 is 0 Å². The maximum absolute atomic E-state index is 5.57. The molecule has 1 fully saturated rings. The first-order valence-electron chi connectivity index (χ1n) is 9.97. The molecule has 0 bridgehead atoms. The molecule has 156 valence electrons. The summed E-state index contributed by atoms with van der Waals surface area (Å²) < 4.78 is 13.8. The van der Waals surface area contributed by atoms with Gasteiger partial charge in [0.05, 0.1) is 23.1 Å². The first kappa shape index (κ1) is 19.0. The minimum Gasteiger partial charge on any atom is -0.381 e. The Hall–Kier alpha value is -2.98. The Morgan fingerprint density at radius 3 is 2.80 bits per heavy atom. The molecule has 1 aliphatic rings. The lowest BCUT2D eigenvalue weighted by molar-refractivity contribution is 0.0854. The van der Waals surface area contributed by atoms with Crippen LogP contribution in [0.1, 0.15) is 18.5 Å². The Balaban J connectivity index is 1.62. The second kappa shape index (κ2) is 7.69. The molecule has 4 aromatic heterocycles. The number of aromatic nitrogens is 6. The fourth-order valence-electron chi connectivity index (χ4n) is 3.85. The molecule has 10 heteroatoms. The van der Waals surface area contributed by atoms with Crippen molar-refractivity contribution in [2.45, 2.75) is 25.8 Å². The minimum atomic E-state index is 0.368. The van der Waals surface area contributed by atoms with Crippen LogP contribution in [-0.4, -0.2) is 55.0 Å². The normalized spacial score (nSPS) is 15.0. The first-order chi connectivity index (χ1) is 14.6. The van der Waals surface area contributed by atoms with Crippen molar-refractivity contribution in [2.75, 3.05) is 30.5 Å². The molecule has 0 atom stereocenters. The lowest BCUT2D eigenvalue weighted by Gasteiger charge is -2.32. The zero-order chi connectivity index (χ0) is 20.7. The Labute approximate surface area is 178 Å². The standard InChI is InChI=1S/C20H24N8OS/c1-13-10-17(30-25-13)23-20-22-16-4-7-28(15-11-21-26(2)12-15)18(16)19(24-20)27(3)14-5-8-29-9-6-14/h4,7,10-12,14H,5-6,8-9H2,1-3H3,(H,22,23,24). The molecule has 0 aliphatic carbocycles. The first-order valence-corrected chi connectivity index (χ1v) is 10.7. The maximum atomic E-state index is 5.57. The summed E-state index contributed by atoms with van der Waals surface area (Å²) in [6, 6.07) is 4.39. The molecule has 1 aliphatic heterocycles. The second-order valence-corrected chi connectivity index (χ2v) is 8.38. The lowest BCUT2D eigenvalue weighted by atomic mass is 10.1. The molecule has 1 saturated heterocycles. The highest BCUT2D eigenvalue weighted by Crippen LogP contribution is 2.32. The van der Waals surface area contributed by atoms with Gasteiger partial charge in [0.15, 0.2) is 5.82 Å². The Kier molecular flexibility index (Phi) is 4.87. The molecule has 5 heterocycles. The van der Waals surface area contributed by atoms with E-state index in [4.69, 9.17) is 14.7 Å². The summed E-state index contributed by atoms with van der Waals surface area (Å²) >= 11 is 1.41. The molecule has 0 aromatic carbocycles. The molecule has 9 nitrogen and oxygen atoms in total. The summed E-state index contributed by atoms with van der Waals surface area (Å²) in [6.45, 7) is 3.53. The Morgan fingerprint density at radius 1 is 1.27 bits per heavy atom. The molecule has 0 saturated carbocycles. The van der Waals surface area contributed by atoms with Crippen LogP contribution in [0.2, 0.25) is 0 Å². The van der Waals surface area contributed by atoms with E-state index in [9.17, 15) is 0 Å². The number of hydrogen-bond acceptors (Lipinski definition) is 8. The number of hydrogen-bond donors (Lipinski definition) is 1. The summed E-state index contributed by atoms with van der Waals surface area (Å²) in [5.74, 6) is 1.47. The number of nitrogens with one attached hydrogen (secondary N) is 1. The molecule has 5 rings (SSSR count). The van der Waals surface area contributed by atoms with Crippen molar-refractivity contribution in [3.05, 3.63) is 36.4 Å². The number of aryl methyl sites for hydroxylation is 2. The zero-order valence-corrected chi connectivity index (χ0v) is 18.1. The van der Waals surface area contributed by atoms with Gasteiger partial charge in [0.2, 0.25) is 5.95 Å². The van der Waals surface area contributed by atoms with E-state index in [1.54, 1.807) is 4.68 Å². The SMILES string of the molecule is Cc1cc(Nc2nc(N(C)C3CCOCC3)c3c(ccn3-c3cnn(C)c3)n2)sn1. The van der Waals surface area contributed by atoms with Crippen molar-refractivity contribution in [3.63, 3.8) is 0 Å². The number of nitrogens with zero attached hydrogens (tertiary/aromatic N) is 7. The van der Waals surface area contributed by atoms with E-state index < -0.39 is 0 Å². The minimum absolute atomic E-state index is 0.368. The third-order valence-corrected chi connectivity index (χ3v) is 6.22. The van der Waals surface area contributed by atoms with E-state index in [1.807, 2.05) is 44.7 Å². The van der Waals surface area contributed by atoms with Crippen LogP contribution in [0.3, 0.4) is 0 Å². The predicted octanol–water partition coefficient (Wildman–Crippen LogP) is 3.28. The smallest absolute Gasteiger partial charge is 0.230 e. The highest BCUT2D eigenvalue weighted by molar-refractivity contribution is 7.10. The van der Waals surface area contributed by atoms with Gasteiger partial charge in [0.1, 0.15) is 10.5 Å². The summed E-state index contributed by atoms with van der Waals surface area (Å²) in [7, 11) is 4.03. The van der Waals surface area contributed by atoms with Gasteiger partial charge in [-0.1, -0.05) is 0 Å². The van der Waals surface area contributed by atoms with Gasteiger partial charge in [-0.15, -0.1) is 0 Å². The topological polar surface area (TPSA) is 85.9 Å². The van der Waals surface area contributed by atoms with Crippen LogP contribution < -0.4 is 10.2 Å². The Morgan fingerprint density at radius 2 is 2.10 bits per heavy atom. The lowest BCUT2D eigenvalue weighted by Crippen LogP contribution is -2.37. The number of rotatable bonds is 5. The Bertz CT molecular complexity index is 1170. The monoisotopic (exact) mass is 424 g/mol. The second-order valence-electron chi connectivity index (χ2n) is 7.57. The zero-order valence-electron chi connectivity index (χ0n) is 17.2. The van der Waals surface area contributed by atoms with Gasteiger partial charge in [-0.25, -0.2) is 4.98 Å². The van der Waals surface area contributed by atoms with Crippen LogP contribution in [0.25, 0.3) is 16.7 Å². The third kappa shape index (κ3) is 3.52. The predicted molar refractivity (Wildman–Crippen MR) is 118 cm³/mol. The van der Waals surface area contributed by atoms with Gasteiger partial charge < -0.3 is 19.5 Å². The van der Waals surface area contributed by atoms with Crippen LogP contribution in [0.4, 0.5) is 16.8 Å². The molecule has 0 radical (unpaired) electrons. The quantitative estimate of drug-likeness (QED) is 0.526. The molecular formula is C20H24N8OS. The highest BCUT2D eigenvalue weighted by Gasteiger charge is 2.24. The molecular weight excluding hydrogens is 400 g/mol. The summed E-state index contributed by atoms with van der Waals surface area (Å²) in [5, 5.41) is 8.58. The van der Waals surface area contributed by atoms with Crippen molar-refractivity contribution < 1.29 is 4.74 Å². The maximum Gasteiger partial charge on any atom is 0.230 e. The van der Waals surface area contributed by atoms with Gasteiger partial charge in [0.25, 0.3) is 0 Å². The summed E-state index contributed by atoms with van der Waals surface area (Å²) in [4.78, 5) is 12.0. The number of fused-ring (bicyclic) bond motifs is 1. The van der Waals surface area contributed by atoms with Gasteiger partial charge in [-0.05, 0) is 43.4 Å². The van der Waals surface area contributed by atoms with Crippen molar-refractivity contribution in [1.29, 1.82) is 0 Å². The van der Waals surface area contributed by atoms with Crippen molar-refractivity contribution in [3.8, 4) is 5.69 Å². The molecule has 0 amide bonds. The average molecular weight is 425 g/mol. The van der Waals surface area contributed by atoms with E-state index in [1.165, 1.54) is 11.5 Å². The number of ether oxygens (including phenoxy) is 1. The van der Waals surface area contributed by atoms with Crippen molar-refractivity contribution in [2.24, 2.45) is 7.05 Å². The molecule has 0 spiro atoms. The number of anilines is 3. The third-order valence-electron chi connectivity index (χ3n) is 5.42. The van der Waals surface area contributed by atoms with Gasteiger partial charge in [0, 0.05) is 45.7 Å². The van der Waals surface area contributed by atoms with Crippen LogP contribution in [0.15, 0.2) is 30.7 Å². The molecule has 4 aromatic rings. The fraction of sp³-hybridized carbons (Fsp3) is 0.400. The van der Waals surface area contributed by atoms with E-state index in [2.05, 4.69) is 31.3 Å². The summed E-state index contributed by atoms with van der Waals surface area (Å²) in [6.07, 6.45) is 7.82. The van der Waals surface area contributed by atoms with E-state index in [-0.39, 0.29) is 0 Å².